The maximum absolute atomic E-state index is 11.5. The summed E-state index contributed by atoms with van der Waals surface area (Å²) in [5, 5.41) is 0. The quantitative estimate of drug-likeness (QED) is 0.632. The van der Waals surface area contributed by atoms with Gasteiger partial charge in [-0.2, -0.15) is 0 Å². The van der Waals surface area contributed by atoms with E-state index in [1.807, 2.05) is 6.07 Å². The third-order valence-electron chi connectivity index (χ3n) is 3.26. The average molecular weight is 289 g/mol. The van der Waals surface area contributed by atoms with Gasteiger partial charge in [0.15, 0.2) is 0 Å². The lowest BCUT2D eigenvalue weighted by atomic mass is 9.98. The fourth-order valence-electron chi connectivity index (χ4n) is 2.43. The summed E-state index contributed by atoms with van der Waals surface area (Å²) in [4.78, 5) is 11.5. The third kappa shape index (κ3) is 2.52. The minimum atomic E-state index is -3.73. The Morgan fingerprint density at radius 2 is 2.22 bits per heavy atom. The number of carbonyl (C=O) groups is 1. The van der Waals surface area contributed by atoms with Gasteiger partial charge < -0.3 is 4.74 Å². The molecule has 0 aromatic heterocycles. The molecule has 0 saturated heterocycles. The molecule has 0 N–H and O–H groups in total. The molecule has 0 amide bonds. The largest absolute Gasteiger partial charge is 0.469 e. The Labute approximate surface area is 110 Å². The van der Waals surface area contributed by atoms with Gasteiger partial charge in [-0.05, 0) is 36.0 Å². The Morgan fingerprint density at radius 3 is 2.83 bits per heavy atom. The highest BCUT2D eigenvalue weighted by atomic mass is 35.7. The van der Waals surface area contributed by atoms with E-state index in [1.165, 1.54) is 13.2 Å². The molecular weight excluding hydrogens is 276 g/mol. The SMILES string of the molecule is COC(=O)CC1CCc2c1cccc2S(=O)(=O)Cl. The van der Waals surface area contributed by atoms with Crippen molar-refractivity contribution < 1.29 is 17.9 Å². The number of rotatable bonds is 3. The van der Waals surface area contributed by atoms with Crippen LogP contribution in [-0.4, -0.2) is 21.5 Å². The normalized spacial score (nSPS) is 18.4. The van der Waals surface area contributed by atoms with Gasteiger partial charge in [0.25, 0.3) is 9.05 Å². The zero-order chi connectivity index (χ0) is 13.3. The van der Waals surface area contributed by atoms with Crippen molar-refractivity contribution in [2.75, 3.05) is 7.11 Å². The molecule has 0 heterocycles. The van der Waals surface area contributed by atoms with Crippen molar-refractivity contribution in [2.24, 2.45) is 0 Å². The van der Waals surface area contributed by atoms with Crippen LogP contribution in [0.1, 0.15) is 29.9 Å². The topological polar surface area (TPSA) is 60.4 Å². The van der Waals surface area contributed by atoms with Crippen LogP contribution in [0.15, 0.2) is 23.1 Å². The Kier molecular flexibility index (Phi) is 3.64. The van der Waals surface area contributed by atoms with E-state index in [0.29, 0.717) is 6.42 Å². The molecule has 98 valence electrons. The van der Waals surface area contributed by atoms with Crippen LogP contribution in [-0.2, 0) is 25.0 Å². The molecular formula is C12H13ClO4S. The minimum absolute atomic E-state index is 0.0193. The number of ether oxygens (including phenoxy) is 1. The second-order valence-electron chi connectivity index (χ2n) is 4.28. The molecule has 1 aromatic carbocycles. The van der Waals surface area contributed by atoms with Crippen molar-refractivity contribution in [3.05, 3.63) is 29.3 Å². The first-order valence-electron chi connectivity index (χ1n) is 5.56. The number of halogens is 1. The Balaban J connectivity index is 2.38. The van der Waals surface area contributed by atoms with Gasteiger partial charge in [0.1, 0.15) is 0 Å². The molecule has 0 bridgehead atoms. The van der Waals surface area contributed by atoms with E-state index >= 15 is 0 Å². The number of carbonyl (C=O) groups excluding carboxylic acids is 1. The molecule has 6 heteroatoms. The molecule has 18 heavy (non-hydrogen) atoms. The highest BCUT2D eigenvalue weighted by Crippen LogP contribution is 2.39. The lowest BCUT2D eigenvalue weighted by Crippen LogP contribution is -2.06. The lowest BCUT2D eigenvalue weighted by Gasteiger charge is -2.10. The summed E-state index contributed by atoms with van der Waals surface area (Å²) in [7, 11) is 3.02. The van der Waals surface area contributed by atoms with Gasteiger partial charge in [-0.15, -0.1) is 0 Å². The summed E-state index contributed by atoms with van der Waals surface area (Å²) >= 11 is 0. The first-order valence-corrected chi connectivity index (χ1v) is 7.87. The fourth-order valence-corrected chi connectivity index (χ4v) is 3.62. The fraction of sp³-hybridized carbons (Fsp3) is 0.417. The van der Waals surface area contributed by atoms with Crippen LogP contribution in [0.5, 0.6) is 0 Å². The van der Waals surface area contributed by atoms with Crippen LogP contribution in [0.3, 0.4) is 0 Å². The zero-order valence-electron chi connectivity index (χ0n) is 9.85. The molecule has 1 aliphatic carbocycles. The maximum atomic E-state index is 11.5. The summed E-state index contributed by atoms with van der Waals surface area (Å²) < 4.78 is 27.5. The van der Waals surface area contributed by atoms with E-state index in [4.69, 9.17) is 10.7 Å². The number of esters is 1. The summed E-state index contributed by atoms with van der Waals surface area (Å²) in [5.74, 6) is -0.266. The van der Waals surface area contributed by atoms with Crippen LogP contribution < -0.4 is 0 Å². The molecule has 1 unspecified atom stereocenters. The smallest absolute Gasteiger partial charge is 0.306 e. The van der Waals surface area contributed by atoms with Crippen molar-refractivity contribution in [1.82, 2.24) is 0 Å². The predicted molar refractivity (Wildman–Crippen MR) is 67.2 cm³/mol. The summed E-state index contributed by atoms with van der Waals surface area (Å²) in [6, 6.07) is 5.01. The molecule has 0 fully saturated rings. The van der Waals surface area contributed by atoms with Crippen molar-refractivity contribution in [1.29, 1.82) is 0 Å². The van der Waals surface area contributed by atoms with Crippen molar-refractivity contribution >= 4 is 25.7 Å². The first kappa shape index (κ1) is 13.4. The Bertz CT molecular complexity index is 580. The van der Waals surface area contributed by atoms with E-state index < -0.39 is 9.05 Å². The maximum Gasteiger partial charge on any atom is 0.306 e. The first-order chi connectivity index (χ1) is 8.43. The Morgan fingerprint density at radius 1 is 1.50 bits per heavy atom. The number of benzene rings is 1. The second kappa shape index (κ2) is 4.90. The van der Waals surface area contributed by atoms with Gasteiger partial charge in [0.2, 0.25) is 0 Å². The van der Waals surface area contributed by atoms with E-state index in [9.17, 15) is 13.2 Å². The number of hydrogen-bond acceptors (Lipinski definition) is 4. The molecule has 1 aromatic rings. The summed E-state index contributed by atoms with van der Waals surface area (Å²) in [5.41, 5.74) is 1.63. The molecule has 2 rings (SSSR count). The van der Waals surface area contributed by atoms with Crippen LogP contribution in [0.4, 0.5) is 0 Å². The predicted octanol–water partition coefficient (Wildman–Crippen LogP) is 2.21. The molecule has 1 aliphatic rings. The molecule has 0 radical (unpaired) electrons. The molecule has 1 atom stereocenters. The molecule has 0 aliphatic heterocycles. The van der Waals surface area contributed by atoms with Crippen LogP contribution in [0.25, 0.3) is 0 Å². The van der Waals surface area contributed by atoms with Gasteiger partial charge in [-0.3, -0.25) is 4.79 Å². The van der Waals surface area contributed by atoms with Crippen LogP contribution in [0.2, 0.25) is 0 Å². The van der Waals surface area contributed by atoms with E-state index in [1.54, 1.807) is 6.07 Å². The summed E-state index contributed by atoms with van der Waals surface area (Å²) in [6.45, 7) is 0. The zero-order valence-corrected chi connectivity index (χ0v) is 11.4. The summed E-state index contributed by atoms with van der Waals surface area (Å²) in [6.07, 6.45) is 1.64. The van der Waals surface area contributed by atoms with Gasteiger partial charge in [-0.25, -0.2) is 8.42 Å². The standard InChI is InChI=1S/C12H13ClO4S/c1-17-12(14)7-8-5-6-10-9(8)3-2-4-11(10)18(13,15)16/h2-4,8H,5-7H2,1H3. The molecule has 4 nitrogen and oxygen atoms in total. The lowest BCUT2D eigenvalue weighted by molar-refractivity contribution is -0.141. The van der Waals surface area contributed by atoms with E-state index in [-0.39, 0.29) is 23.2 Å². The van der Waals surface area contributed by atoms with Gasteiger partial charge in [0, 0.05) is 10.7 Å². The molecule has 0 saturated carbocycles. The highest BCUT2D eigenvalue weighted by Gasteiger charge is 2.29. The Hall–Kier alpha value is -1.07. The van der Waals surface area contributed by atoms with Crippen molar-refractivity contribution in [3.63, 3.8) is 0 Å². The van der Waals surface area contributed by atoms with E-state index in [0.717, 1.165) is 17.5 Å². The van der Waals surface area contributed by atoms with Gasteiger partial charge in [0.05, 0.1) is 18.4 Å². The second-order valence-corrected chi connectivity index (χ2v) is 6.81. The highest BCUT2D eigenvalue weighted by molar-refractivity contribution is 8.13. The van der Waals surface area contributed by atoms with Gasteiger partial charge >= 0.3 is 5.97 Å². The number of hydrogen-bond donors (Lipinski definition) is 0. The van der Waals surface area contributed by atoms with Crippen molar-refractivity contribution in [3.8, 4) is 0 Å². The third-order valence-corrected chi connectivity index (χ3v) is 4.66. The average Bonchev–Trinajstić information content (AvgIpc) is 2.71. The van der Waals surface area contributed by atoms with Crippen molar-refractivity contribution in [2.45, 2.75) is 30.1 Å². The monoisotopic (exact) mass is 288 g/mol. The minimum Gasteiger partial charge on any atom is -0.469 e. The van der Waals surface area contributed by atoms with Crippen LogP contribution >= 0.6 is 10.7 Å². The number of fused-ring (bicyclic) bond motifs is 1. The van der Waals surface area contributed by atoms with Gasteiger partial charge in [-0.1, -0.05) is 12.1 Å². The number of methoxy groups -OCH3 is 1. The van der Waals surface area contributed by atoms with Crippen LogP contribution in [0, 0.1) is 0 Å². The molecule has 0 spiro atoms. The van der Waals surface area contributed by atoms with E-state index in [2.05, 4.69) is 4.74 Å².